The predicted molar refractivity (Wildman–Crippen MR) is 64.4 cm³/mol. The van der Waals surface area contributed by atoms with Gasteiger partial charge in [-0.3, -0.25) is 10.1 Å². The van der Waals surface area contributed by atoms with E-state index in [1.165, 1.54) is 6.33 Å². The molecule has 0 N–H and O–H groups in total. The molecule has 1 aliphatic rings. The lowest BCUT2D eigenvalue weighted by Gasteiger charge is -2.24. The van der Waals surface area contributed by atoms with Gasteiger partial charge in [-0.2, -0.15) is 0 Å². The summed E-state index contributed by atoms with van der Waals surface area (Å²) in [5.74, 6) is 0.307. The van der Waals surface area contributed by atoms with E-state index in [1.54, 1.807) is 0 Å². The third-order valence-corrected chi connectivity index (χ3v) is 3.42. The fourth-order valence-corrected chi connectivity index (χ4v) is 2.43. The number of nitro groups is 1. The highest BCUT2D eigenvalue weighted by molar-refractivity contribution is 6.31. The van der Waals surface area contributed by atoms with Gasteiger partial charge in [0, 0.05) is 13.1 Å². The molecule has 1 heterocycles. The lowest BCUT2D eigenvalue weighted by atomic mass is 10.2. The minimum atomic E-state index is -0.525. The van der Waals surface area contributed by atoms with Crippen molar-refractivity contribution in [2.45, 2.75) is 31.7 Å². The Bertz CT molecular complexity index is 434. The van der Waals surface area contributed by atoms with Crippen LogP contribution in [-0.2, 0) is 0 Å². The smallest absolute Gasteiger partial charge is 0.348 e. The molecule has 0 amide bonds. The number of hydrogen-bond donors (Lipinski definition) is 0. The van der Waals surface area contributed by atoms with Crippen molar-refractivity contribution in [3.8, 4) is 0 Å². The second kappa shape index (κ2) is 4.83. The van der Waals surface area contributed by atoms with E-state index in [1.807, 2.05) is 11.9 Å². The molecule has 0 spiro atoms. The van der Waals surface area contributed by atoms with E-state index < -0.39 is 4.92 Å². The lowest BCUT2D eigenvalue weighted by Crippen LogP contribution is -2.30. The summed E-state index contributed by atoms with van der Waals surface area (Å²) < 4.78 is 0. The predicted octanol–water partition coefficient (Wildman–Crippen LogP) is 2.42. The molecule has 1 aromatic rings. The SMILES string of the molecule is CN(c1ncnc(Cl)c1[N+](=O)[O-])C1CCCC1. The maximum Gasteiger partial charge on any atom is 0.348 e. The van der Waals surface area contributed by atoms with Crippen LogP contribution in [0.1, 0.15) is 25.7 Å². The van der Waals surface area contributed by atoms with Crippen LogP contribution in [0.25, 0.3) is 0 Å². The van der Waals surface area contributed by atoms with Gasteiger partial charge in [-0.15, -0.1) is 0 Å². The summed E-state index contributed by atoms with van der Waals surface area (Å²) in [5, 5.41) is 10.9. The molecule has 0 aromatic carbocycles. The summed E-state index contributed by atoms with van der Waals surface area (Å²) in [4.78, 5) is 19.9. The number of nitrogens with zero attached hydrogens (tertiary/aromatic N) is 4. The van der Waals surface area contributed by atoms with Crippen molar-refractivity contribution in [1.82, 2.24) is 9.97 Å². The molecule has 0 saturated heterocycles. The summed E-state index contributed by atoms with van der Waals surface area (Å²) in [6, 6.07) is 0.305. The topological polar surface area (TPSA) is 72.2 Å². The third-order valence-electron chi connectivity index (χ3n) is 3.15. The van der Waals surface area contributed by atoms with E-state index in [0.29, 0.717) is 11.9 Å². The molecule has 6 nitrogen and oxygen atoms in total. The van der Waals surface area contributed by atoms with Crippen molar-refractivity contribution >= 4 is 23.1 Å². The Hall–Kier alpha value is -1.43. The van der Waals surface area contributed by atoms with Crippen molar-refractivity contribution in [1.29, 1.82) is 0 Å². The zero-order chi connectivity index (χ0) is 12.4. The highest BCUT2D eigenvalue weighted by Gasteiger charge is 2.29. The molecule has 0 radical (unpaired) electrons. The van der Waals surface area contributed by atoms with Crippen LogP contribution < -0.4 is 4.90 Å². The standard InChI is InChI=1S/C10H13ClN4O2/c1-14(7-4-2-3-5-7)10-8(15(16)17)9(11)12-6-13-10/h6-7H,2-5H2,1H3. The van der Waals surface area contributed by atoms with Crippen LogP contribution >= 0.6 is 11.6 Å². The molecule has 1 saturated carbocycles. The number of halogens is 1. The average Bonchev–Trinajstić information content (AvgIpc) is 2.80. The van der Waals surface area contributed by atoms with Crippen LogP contribution in [0.2, 0.25) is 5.15 Å². The van der Waals surface area contributed by atoms with Crippen LogP contribution in [0.3, 0.4) is 0 Å². The van der Waals surface area contributed by atoms with Gasteiger partial charge in [0.1, 0.15) is 6.33 Å². The van der Waals surface area contributed by atoms with E-state index in [4.69, 9.17) is 11.6 Å². The second-order valence-electron chi connectivity index (χ2n) is 4.14. The molecule has 1 fully saturated rings. The first-order valence-corrected chi connectivity index (χ1v) is 5.86. The molecule has 17 heavy (non-hydrogen) atoms. The highest BCUT2D eigenvalue weighted by atomic mass is 35.5. The molecular formula is C10H13ClN4O2. The maximum absolute atomic E-state index is 11.0. The van der Waals surface area contributed by atoms with Gasteiger partial charge < -0.3 is 4.90 Å². The molecule has 1 aromatic heterocycles. The van der Waals surface area contributed by atoms with E-state index in [-0.39, 0.29) is 10.8 Å². The monoisotopic (exact) mass is 256 g/mol. The third kappa shape index (κ3) is 2.31. The van der Waals surface area contributed by atoms with Crippen molar-refractivity contribution in [3.05, 3.63) is 21.6 Å². The molecule has 1 aliphatic carbocycles. The van der Waals surface area contributed by atoms with Gasteiger partial charge in [-0.25, -0.2) is 9.97 Å². The number of aromatic nitrogens is 2. The van der Waals surface area contributed by atoms with E-state index in [0.717, 1.165) is 25.7 Å². The molecule has 0 atom stereocenters. The van der Waals surface area contributed by atoms with Crippen LogP contribution in [0.4, 0.5) is 11.5 Å². The van der Waals surface area contributed by atoms with Gasteiger partial charge in [0.05, 0.1) is 4.92 Å². The summed E-state index contributed by atoms with van der Waals surface area (Å²) in [5.41, 5.74) is -0.205. The number of hydrogen-bond acceptors (Lipinski definition) is 5. The van der Waals surface area contributed by atoms with Crippen LogP contribution in [0.15, 0.2) is 6.33 Å². The van der Waals surface area contributed by atoms with Crippen LogP contribution in [-0.4, -0.2) is 28.0 Å². The van der Waals surface area contributed by atoms with Crippen LogP contribution in [0, 0.1) is 10.1 Å². The zero-order valence-electron chi connectivity index (χ0n) is 9.47. The van der Waals surface area contributed by atoms with Crippen molar-refractivity contribution in [2.75, 3.05) is 11.9 Å². The fraction of sp³-hybridized carbons (Fsp3) is 0.600. The Morgan fingerprint density at radius 1 is 1.47 bits per heavy atom. The average molecular weight is 257 g/mol. The molecule has 7 heteroatoms. The number of rotatable bonds is 3. The normalized spacial score (nSPS) is 16.1. The van der Waals surface area contributed by atoms with Crippen molar-refractivity contribution < 1.29 is 4.92 Å². The Kier molecular flexibility index (Phi) is 3.42. The minimum Gasteiger partial charge on any atom is -0.351 e. The van der Waals surface area contributed by atoms with Crippen molar-refractivity contribution in [2.24, 2.45) is 0 Å². The Labute approximate surface area is 104 Å². The van der Waals surface area contributed by atoms with Crippen molar-refractivity contribution in [3.63, 3.8) is 0 Å². The molecular weight excluding hydrogens is 244 g/mol. The first kappa shape index (κ1) is 12.0. The van der Waals surface area contributed by atoms with Gasteiger partial charge in [0.2, 0.25) is 11.0 Å². The largest absolute Gasteiger partial charge is 0.351 e. The maximum atomic E-state index is 11.0. The summed E-state index contributed by atoms with van der Waals surface area (Å²) >= 11 is 5.76. The van der Waals surface area contributed by atoms with Gasteiger partial charge in [0.25, 0.3) is 0 Å². The van der Waals surface area contributed by atoms with Gasteiger partial charge in [-0.05, 0) is 12.8 Å². The molecule has 2 rings (SSSR count). The molecule has 0 aliphatic heterocycles. The van der Waals surface area contributed by atoms with Gasteiger partial charge >= 0.3 is 5.69 Å². The van der Waals surface area contributed by atoms with E-state index >= 15 is 0 Å². The second-order valence-corrected chi connectivity index (χ2v) is 4.50. The van der Waals surface area contributed by atoms with Crippen LogP contribution in [0.5, 0.6) is 0 Å². The lowest BCUT2D eigenvalue weighted by molar-refractivity contribution is -0.384. The fourth-order valence-electron chi connectivity index (χ4n) is 2.23. The highest BCUT2D eigenvalue weighted by Crippen LogP contribution is 2.34. The Morgan fingerprint density at radius 2 is 2.12 bits per heavy atom. The zero-order valence-corrected chi connectivity index (χ0v) is 10.2. The first-order chi connectivity index (χ1) is 8.11. The summed E-state index contributed by atoms with van der Waals surface area (Å²) in [6.07, 6.45) is 5.64. The minimum absolute atomic E-state index is 0.107. The number of anilines is 1. The first-order valence-electron chi connectivity index (χ1n) is 5.49. The Balaban J connectivity index is 2.36. The molecule has 0 unspecified atom stereocenters. The Morgan fingerprint density at radius 3 is 2.71 bits per heavy atom. The summed E-state index contributed by atoms with van der Waals surface area (Å²) in [7, 11) is 1.82. The van der Waals surface area contributed by atoms with Gasteiger partial charge in [0.15, 0.2) is 0 Å². The summed E-state index contributed by atoms with van der Waals surface area (Å²) in [6.45, 7) is 0. The molecule has 0 bridgehead atoms. The van der Waals surface area contributed by atoms with E-state index in [9.17, 15) is 10.1 Å². The molecule has 92 valence electrons. The quantitative estimate of drug-likeness (QED) is 0.472. The van der Waals surface area contributed by atoms with Gasteiger partial charge in [-0.1, -0.05) is 24.4 Å². The van der Waals surface area contributed by atoms with E-state index in [2.05, 4.69) is 9.97 Å².